The van der Waals surface area contributed by atoms with Crippen molar-refractivity contribution in [2.75, 3.05) is 13.6 Å². The van der Waals surface area contributed by atoms with Gasteiger partial charge in [0.05, 0.1) is 0 Å². The summed E-state index contributed by atoms with van der Waals surface area (Å²) in [6, 6.07) is 7.71. The number of benzene rings is 1. The van der Waals surface area contributed by atoms with Crippen LogP contribution in [-0.4, -0.2) is 29.8 Å². The van der Waals surface area contributed by atoms with Crippen LogP contribution in [0.15, 0.2) is 24.3 Å². The highest BCUT2D eigenvalue weighted by Gasteiger charge is 2.15. The lowest BCUT2D eigenvalue weighted by molar-refractivity contribution is 0.0795. The van der Waals surface area contributed by atoms with Gasteiger partial charge in [-0.1, -0.05) is 25.1 Å². The van der Waals surface area contributed by atoms with Crippen LogP contribution in [-0.2, 0) is 6.42 Å². The third kappa shape index (κ3) is 3.24. The molecule has 0 N–H and O–H groups in total. The van der Waals surface area contributed by atoms with Crippen LogP contribution in [0, 0.1) is 0 Å². The topological polar surface area (TPSA) is 20.3 Å². The summed E-state index contributed by atoms with van der Waals surface area (Å²) in [6.07, 6.45) is 0.867. The second-order valence-electron chi connectivity index (χ2n) is 3.98. The molecule has 0 aromatic heterocycles. The Balaban J connectivity index is 2.87. The molecule has 0 heterocycles. The van der Waals surface area contributed by atoms with Crippen molar-refractivity contribution in [2.24, 2.45) is 0 Å². The number of halogens is 1. The molecule has 0 radical (unpaired) electrons. The molecule has 0 spiro atoms. The number of rotatable bonds is 4. The Morgan fingerprint density at radius 1 is 1.44 bits per heavy atom. The lowest BCUT2D eigenvalue weighted by atomic mass is 10.0. The summed E-state index contributed by atoms with van der Waals surface area (Å²) in [5, 5.41) is -0.0252. The summed E-state index contributed by atoms with van der Waals surface area (Å²) < 4.78 is 0. The largest absolute Gasteiger partial charge is 0.340 e. The van der Waals surface area contributed by atoms with E-state index in [4.69, 9.17) is 11.6 Å². The van der Waals surface area contributed by atoms with E-state index in [0.29, 0.717) is 6.54 Å². The van der Waals surface area contributed by atoms with E-state index in [0.717, 1.165) is 17.5 Å². The highest BCUT2D eigenvalue weighted by Crippen LogP contribution is 2.12. The summed E-state index contributed by atoms with van der Waals surface area (Å²) in [6.45, 7) is 4.51. The molecule has 0 saturated carbocycles. The maximum Gasteiger partial charge on any atom is 0.253 e. The second-order valence-corrected chi connectivity index (χ2v) is 4.72. The van der Waals surface area contributed by atoms with Gasteiger partial charge in [0.2, 0.25) is 0 Å². The molecular formula is C13H18ClNO. The molecule has 0 fully saturated rings. The van der Waals surface area contributed by atoms with E-state index >= 15 is 0 Å². The highest BCUT2D eigenvalue weighted by atomic mass is 35.5. The Bertz CT molecular complexity index is 363. The van der Waals surface area contributed by atoms with Crippen LogP contribution < -0.4 is 0 Å². The van der Waals surface area contributed by atoms with Gasteiger partial charge in [0.1, 0.15) is 0 Å². The number of carbonyl (C=O) groups excluding carboxylic acids is 1. The van der Waals surface area contributed by atoms with Gasteiger partial charge in [-0.3, -0.25) is 4.79 Å². The third-order valence-electron chi connectivity index (χ3n) is 2.50. The first-order valence-corrected chi connectivity index (χ1v) is 5.97. The quantitative estimate of drug-likeness (QED) is 0.740. The lowest BCUT2D eigenvalue weighted by Crippen LogP contribution is -2.31. The first-order valence-electron chi connectivity index (χ1n) is 5.53. The van der Waals surface area contributed by atoms with Crippen LogP contribution in [0.5, 0.6) is 0 Å². The molecule has 16 heavy (non-hydrogen) atoms. The van der Waals surface area contributed by atoms with Gasteiger partial charge in [-0.25, -0.2) is 0 Å². The summed E-state index contributed by atoms with van der Waals surface area (Å²) >= 11 is 5.88. The molecule has 0 saturated heterocycles. The smallest absolute Gasteiger partial charge is 0.253 e. The average Bonchev–Trinajstić information content (AvgIpc) is 2.27. The van der Waals surface area contributed by atoms with Gasteiger partial charge in [0.25, 0.3) is 5.91 Å². The van der Waals surface area contributed by atoms with Gasteiger partial charge in [0.15, 0.2) is 0 Å². The molecule has 0 aliphatic carbocycles. The molecule has 0 bridgehead atoms. The third-order valence-corrected chi connectivity index (χ3v) is 2.64. The molecule has 88 valence electrons. The van der Waals surface area contributed by atoms with Crippen LogP contribution in [0.3, 0.4) is 0 Å². The standard InChI is InChI=1S/C13H18ClNO/c1-4-11-7-5-6-8-12(11)13(16)15(3)9-10(2)14/h5-8,10H,4,9H2,1-3H3. The van der Waals surface area contributed by atoms with E-state index in [1.165, 1.54) is 0 Å². The average molecular weight is 240 g/mol. The van der Waals surface area contributed by atoms with Crippen molar-refractivity contribution < 1.29 is 4.79 Å². The Labute approximate surface area is 102 Å². The normalized spacial score (nSPS) is 12.2. The Kier molecular flexibility index (Phi) is 4.81. The molecule has 1 atom stereocenters. The monoisotopic (exact) mass is 239 g/mol. The van der Waals surface area contributed by atoms with Gasteiger partial charge in [-0.2, -0.15) is 0 Å². The molecule has 1 aromatic carbocycles. The lowest BCUT2D eigenvalue weighted by Gasteiger charge is -2.19. The van der Waals surface area contributed by atoms with Crippen LogP contribution in [0.1, 0.15) is 29.8 Å². The van der Waals surface area contributed by atoms with Gasteiger partial charge in [-0.05, 0) is 25.0 Å². The van der Waals surface area contributed by atoms with Crippen LogP contribution in [0.25, 0.3) is 0 Å². The zero-order valence-corrected chi connectivity index (χ0v) is 10.8. The van der Waals surface area contributed by atoms with E-state index in [9.17, 15) is 4.79 Å². The van der Waals surface area contributed by atoms with Crippen molar-refractivity contribution in [3.63, 3.8) is 0 Å². The van der Waals surface area contributed by atoms with E-state index in [2.05, 4.69) is 6.92 Å². The van der Waals surface area contributed by atoms with Crippen LogP contribution in [0.4, 0.5) is 0 Å². The van der Waals surface area contributed by atoms with Crippen molar-refractivity contribution in [3.05, 3.63) is 35.4 Å². The summed E-state index contributed by atoms with van der Waals surface area (Å²) in [5.41, 5.74) is 1.87. The zero-order chi connectivity index (χ0) is 12.1. The Hall–Kier alpha value is -1.02. The van der Waals surface area contributed by atoms with Gasteiger partial charge in [0, 0.05) is 24.5 Å². The SMILES string of the molecule is CCc1ccccc1C(=O)N(C)CC(C)Cl. The van der Waals surface area contributed by atoms with Gasteiger partial charge in [-0.15, -0.1) is 11.6 Å². The summed E-state index contributed by atoms with van der Waals surface area (Å²) in [7, 11) is 1.79. The number of hydrogen-bond donors (Lipinski definition) is 0. The fraction of sp³-hybridized carbons (Fsp3) is 0.462. The number of nitrogens with zero attached hydrogens (tertiary/aromatic N) is 1. The van der Waals surface area contributed by atoms with E-state index in [-0.39, 0.29) is 11.3 Å². The number of carbonyl (C=O) groups is 1. The fourth-order valence-electron chi connectivity index (χ4n) is 1.70. The molecule has 0 aliphatic rings. The Morgan fingerprint density at radius 3 is 2.62 bits per heavy atom. The number of hydrogen-bond acceptors (Lipinski definition) is 1. The van der Waals surface area contributed by atoms with Crippen molar-refractivity contribution in [2.45, 2.75) is 25.6 Å². The maximum atomic E-state index is 12.1. The first-order chi connectivity index (χ1) is 7.56. The molecule has 2 nitrogen and oxygen atoms in total. The number of aryl methyl sites for hydroxylation is 1. The predicted octanol–water partition coefficient (Wildman–Crippen LogP) is 2.95. The van der Waals surface area contributed by atoms with Crippen molar-refractivity contribution in [1.82, 2.24) is 4.90 Å². The number of alkyl halides is 1. The summed E-state index contributed by atoms with van der Waals surface area (Å²) in [4.78, 5) is 13.8. The molecule has 0 aliphatic heterocycles. The van der Waals surface area contributed by atoms with E-state index < -0.39 is 0 Å². The Morgan fingerprint density at radius 2 is 2.06 bits per heavy atom. The minimum absolute atomic E-state index is 0.0252. The highest BCUT2D eigenvalue weighted by molar-refractivity contribution is 6.20. The molecule has 1 unspecified atom stereocenters. The van der Waals surface area contributed by atoms with E-state index in [1.807, 2.05) is 31.2 Å². The minimum Gasteiger partial charge on any atom is -0.340 e. The van der Waals surface area contributed by atoms with Crippen molar-refractivity contribution >= 4 is 17.5 Å². The van der Waals surface area contributed by atoms with Crippen LogP contribution in [0.2, 0.25) is 0 Å². The van der Waals surface area contributed by atoms with E-state index in [1.54, 1.807) is 11.9 Å². The molecule has 1 rings (SSSR count). The van der Waals surface area contributed by atoms with Gasteiger partial charge < -0.3 is 4.90 Å². The molecule has 1 amide bonds. The van der Waals surface area contributed by atoms with Crippen molar-refractivity contribution in [3.8, 4) is 0 Å². The van der Waals surface area contributed by atoms with Crippen LogP contribution >= 0.6 is 11.6 Å². The fourth-order valence-corrected chi connectivity index (χ4v) is 1.91. The molecule has 3 heteroatoms. The number of amides is 1. The molecule has 1 aromatic rings. The first kappa shape index (κ1) is 13.0. The zero-order valence-electron chi connectivity index (χ0n) is 10.0. The van der Waals surface area contributed by atoms with Gasteiger partial charge >= 0.3 is 0 Å². The van der Waals surface area contributed by atoms with Crippen molar-refractivity contribution in [1.29, 1.82) is 0 Å². The summed E-state index contributed by atoms with van der Waals surface area (Å²) in [5.74, 6) is 0.0463. The minimum atomic E-state index is -0.0252. The maximum absolute atomic E-state index is 12.1. The second kappa shape index (κ2) is 5.90. The predicted molar refractivity (Wildman–Crippen MR) is 68.1 cm³/mol. The molecular weight excluding hydrogens is 222 g/mol.